The maximum Gasteiger partial charge on any atom is 0.411 e. The number of hydrogen-bond donors (Lipinski definition) is 3. The maximum atomic E-state index is 14.0. The third-order valence-corrected chi connectivity index (χ3v) is 4.64. The van der Waals surface area contributed by atoms with Crippen molar-refractivity contribution in [2.24, 2.45) is 4.99 Å². The molecule has 0 aliphatic carbocycles. The number of thiol groups is 2. The molecule has 2 aromatic carbocycles. The van der Waals surface area contributed by atoms with Crippen LogP contribution in [0.2, 0.25) is 0 Å². The first kappa shape index (κ1) is 20.5. The van der Waals surface area contributed by atoms with Crippen molar-refractivity contribution in [3.63, 3.8) is 0 Å². The van der Waals surface area contributed by atoms with Crippen LogP contribution in [0, 0.1) is 0 Å². The van der Waals surface area contributed by atoms with Crippen molar-refractivity contribution in [3.05, 3.63) is 47.5 Å². The van der Waals surface area contributed by atoms with Gasteiger partial charge in [0.05, 0.1) is 5.69 Å². The van der Waals surface area contributed by atoms with Crippen molar-refractivity contribution in [2.75, 3.05) is 5.73 Å². The van der Waals surface area contributed by atoms with Crippen molar-refractivity contribution in [1.82, 2.24) is 0 Å². The molecular weight excluding hydrogens is 398 g/mol. The van der Waals surface area contributed by atoms with Gasteiger partial charge in [-0.1, -0.05) is 12.1 Å². The van der Waals surface area contributed by atoms with Gasteiger partial charge in [-0.3, -0.25) is 4.99 Å². The zero-order valence-electron chi connectivity index (χ0n) is 12.9. The molecule has 26 heavy (non-hydrogen) atoms. The number of nitrogens with two attached hydrogens (primary N) is 1. The Kier molecular flexibility index (Phi) is 5.31. The summed E-state index contributed by atoms with van der Waals surface area (Å²) in [5.41, 5.74) is -0.897. The van der Waals surface area contributed by atoms with Crippen LogP contribution in [0.25, 0.3) is 0 Å². The fourth-order valence-corrected chi connectivity index (χ4v) is 3.15. The van der Waals surface area contributed by atoms with Gasteiger partial charge in [-0.15, -0.1) is 25.3 Å². The molecule has 0 fully saturated rings. The van der Waals surface area contributed by atoms with E-state index in [2.05, 4.69) is 37.0 Å². The van der Waals surface area contributed by atoms with Crippen LogP contribution < -0.4 is 5.73 Å². The number of benzene rings is 2. The van der Waals surface area contributed by atoms with Crippen molar-refractivity contribution < 1.29 is 26.3 Å². The van der Waals surface area contributed by atoms with Crippen LogP contribution in [0.1, 0.15) is 11.1 Å². The molecule has 0 atom stereocenters. The molecule has 0 radical (unpaired) electrons. The van der Waals surface area contributed by atoms with Gasteiger partial charge in [0.25, 0.3) is 0 Å². The molecule has 0 saturated carbocycles. The molecule has 2 N–H and O–H groups in total. The van der Waals surface area contributed by atoms with E-state index < -0.39 is 28.9 Å². The maximum absolute atomic E-state index is 14.0. The number of alkyl halides is 6. The van der Waals surface area contributed by atoms with Gasteiger partial charge in [-0.05, 0) is 42.1 Å². The molecule has 0 aromatic heterocycles. The third kappa shape index (κ3) is 3.16. The smallest absolute Gasteiger partial charge is 0.398 e. The van der Waals surface area contributed by atoms with Gasteiger partial charge in [0.2, 0.25) is 5.41 Å². The van der Waals surface area contributed by atoms with Crippen LogP contribution in [0.15, 0.2) is 51.2 Å². The Balaban J connectivity index is 2.96. The lowest BCUT2D eigenvalue weighted by molar-refractivity contribution is -0.288. The second-order valence-corrected chi connectivity index (χ2v) is 6.34. The first-order valence-corrected chi connectivity index (χ1v) is 7.78. The summed E-state index contributed by atoms with van der Waals surface area (Å²) in [5, 5.41) is 0. The number of nitrogen functional groups attached to an aromatic ring is 1. The van der Waals surface area contributed by atoms with E-state index in [0.717, 1.165) is 12.1 Å². The fourth-order valence-electron chi connectivity index (χ4n) is 2.65. The monoisotopic (exact) mass is 410 g/mol. The normalized spacial score (nSPS) is 12.9. The van der Waals surface area contributed by atoms with E-state index in [0.29, 0.717) is 24.3 Å². The van der Waals surface area contributed by atoms with Crippen LogP contribution >= 0.6 is 25.3 Å². The summed E-state index contributed by atoms with van der Waals surface area (Å²) in [6.07, 6.45) is -11.4. The zero-order chi connectivity index (χ0) is 19.9. The van der Waals surface area contributed by atoms with Gasteiger partial charge in [-0.25, -0.2) is 0 Å². The minimum absolute atomic E-state index is 0.0450. The summed E-state index contributed by atoms with van der Waals surface area (Å²) in [5.74, 6) is 0. The molecule has 0 aliphatic rings. The lowest BCUT2D eigenvalue weighted by Crippen LogP contribution is -2.54. The van der Waals surface area contributed by atoms with Crippen LogP contribution in [0.4, 0.5) is 37.7 Å². The predicted molar refractivity (Wildman–Crippen MR) is 93.9 cm³/mol. The summed E-state index contributed by atoms with van der Waals surface area (Å²) in [6.45, 7) is 3.19. The van der Waals surface area contributed by atoms with Crippen molar-refractivity contribution >= 4 is 43.3 Å². The number of rotatable bonds is 3. The average molecular weight is 410 g/mol. The van der Waals surface area contributed by atoms with E-state index in [4.69, 9.17) is 5.73 Å². The molecule has 10 heteroatoms. The first-order valence-electron chi connectivity index (χ1n) is 6.89. The summed E-state index contributed by atoms with van der Waals surface area (Å²) in [6, 6.07) is 4.69. The van der Waals surface area contributed by atoms with Crippen LogP contribution in [-0.4, -0.2) is 19.1 Å². The van der Waals surface area contributed by atoms with Gasteiger partial charge < -0.3 is 5.73 Å². The Morgan fingerprint density at radius 1 is 0.808 bits per heavy atom. The van der Waals surface area contributed by atoms with Crippen molar-refractivity contribution in [3.8, 4) is 0 Å². The fraction of sp³-hybridized carbons (Fsp3) is 0.188. The van der Waals surface area contributed by atoms with E-state index in [1.165, 1.54) is 0 Å². The standard InChI is InChI=1S/C16H12F6N2S2/c1-24-11-5-3-9(7-13(11)26)14(15(17,18)19,16(20,21)22)8-2-4-10(23)12(25)6-8/h2-7,25-26H,1,23H2. The molecule has 0 bridgehead atoms. The summed E-state index contributed by atoms with van der Waals surface area (Å²) < 4.78 is 83.7. The second-order valence-electron chi connectivity index (χ2n) is 5.38. The Hall–Kier alpha value is -1.81. The largest absolute Gasteiger partial charge is 0.411 e. The molecule has 0 unspecified atom stereocenters. The minimum Gasteiger partial charge on any atom is -0.398 e. The van der Waals surface area contributed by atoms with E-state index in [9.17, 15) is 26.3 Å². The van der Waals surface area contributed by atoms with Gasteiger partial charge in [0.1, 0.15) is 0 Å². The van der Waals surface area contributed by atoms with E-state index in [1.54, 1.807) is 0 Å². The Labute approximate surface area is 155 Å². The predicted octanol–water partition coefficient (Wildman–Crippen LogP) is 5.59. The van der Waals surface area contributed by atoms with Crippen molar-refractivity contribution in [2.45, 2.75) is 27.6 Å². The highest BCUT2D eigenvalue weighted by Gasteiger charge is 2.72. The molecule has 2 aromatic rings. The highest BCUT2D eigenvalue weighted by Crippen LogP contribution is 2.57. The molecule has 0 heterocycles. The molecule has 0 spiro atoms. The lowest BCUT2D eigenvalue weighted by Gasteiger charge is -2.38. The number of nitrogens with zero attached hydrogens (tertiary/aromatic N) is 1. The summed E-state index contributed by atoms with van der Waals surface area (Å²) in [7, 11) is 0. The Morgan fingerprint density at radius 3 is 1.65 bits per heavy atom. The minimum atomic E-state index is -5.70. The van der Waals surface area contributed by atoms with Crippen LogP contribution in [0.3, 0.4) is 0 Å². The van der Waals surface area contributed by atoms with Gasteiger partial charge in [0.15, 0.2) is 0 Å². The molecule has 0 saturated heterocycles. The molecular formula is C16H12F6N2S2. The van der Waals surface area contributed by atoms with E-state index in [1.807, 2.05) is 0 Å². The third-order valence-electron chi connectivity index (χ3n) is 3.89. The molecule has 2 nitrogen and oxygen atoms in total. The Bertz CT molecular complexity index is 832. The topological polar surface area (TPSA) is 38.4 Å². The summed E-state index contributed by atoms with van der Waals surface area (Å²) >= 11 is 7.77. The van der Waals surface area contributed by atoms with Gasteiger partial charge in [-0.2, -0.15) is 26.3 Å². The first-order chi connectivity index (χ1) is 11.9. The van der Waals surface area contributed by atoms with Gasteiger partial charge in [0, 0.05) is 15.5 Å². The molecule has 2 rings (SSSR count). The highest BCUT2D eigenvalue weighted by atomic mass is 32.1. The van der Waals surface area contributed by atoms with E-state index in [-0.39, 0.29) is 21.2 Å². The van der Waals surface area contributed by atoms with Crippen LogP contribution in [-0.2, 0) is 5.41 Å². The molecule has 0 amide bonds. The number of aliphatic imine (C=N–C) groups is 1. The van der Waals surface area contributed by atoms with E-state index >= 15 is 0 Å². The quantitative estimate of drug-likeness (QED) is 0.263. The highest BCUT2D eigenvalue weighted by molar-refractivity contribution is 7.80. The average Bonchev–Trinajstić information content (AvgIpc) is 2.49. The SMILES string of the molecule is C=Nc1ccc(C(c2ccc(N)c(S)c2)(C(F)(F)F)C(F)(F)F)cc1S. The second kappa shape index (κ2) is 6.73. The zero-order valence-corrected chi connectivity index (χ0v) is 14.6. The number of halogens is 6. The summed E-state index contributed by atoms with van der Waals surface area (Å²) in [4.78, 5) is 3.13. The number of anilines is 1. The molecule has 0 aliphatic heterocycles. The Morgan fingerprint density at radius 2 is 1.27 bits per heavy atom. The molecule has 140 valence electrons. The van der Waals surface area contributed by atoms with Crippen molar-refractivity contribution in [1.29, 1.82) is 0 Å². The number of hydrogen-bond acceptors (Lipinski definition) is 4. The lowest BCUT2D eigenvalue weighted by atomic mass is 9.73. The van der Waals surface area contributed by atoms with Crippen LogP contribution in [0.5, 0.6) is 0 Å². The van der Waals surface area contributed by atoms with Gasteiger partial charge >= 0.3 is 12.4 Å².